The topological polar surface area (TPSA) is 49.3 Å². The lowest BCUT2D eigenvalue weighted by Gasteiger charge is -2.12. The van der Waals surface area contributed by atoms with Crippen LogP contribution in [0.5, 0.6) is 0 Å². The molecule has 122 valence electrons. The third-order valence-corrected chi connectivity index (χ3v) is 4.66. The van der Waals surface area contributed by atoms with Crippen LogP contribution in [0.3, 0.4) is 0 Å². The largest absolute Gasteiger partial charge is 0.396 e. The summed E-state index contributed by atoms with van der Waals surface area (Å²) in [6, 6.07) is 13.7. The molecule has 2 aromatic rings. The van der Waals surface area contributed by atoms with E-state index < -0.39 is 0 Å². The van der Waals surface area contributed by atoms with Crippen LogP contribution in [-0.4, -0.2) is 23.4 Å². The van der Waals surface area contributed by atoms with Crippen molar-refractivity contribution >= 4 is 23.4 Å². The minimum absolute atomic E-state index is 0.0467. The van der Waals surface area contributed by atoms with E-state index in [2.05, 4.69) is 5.32 Å². The number of aliphatic hydroxyl groups is 1. The van der Waals surface area contributed by atoms with Crippen molar-refractivity contribution in [1.82, 2.24) is 0 Å². The number of anilines is 1. The lowest BCUT2D eigenvalue weighted by atomic mass is 10.1. The number of hydrogen-bond donors (Lipinski definition) is 2. The Labute approximate surface area is 139 Å². The van der Waals surface area contributed by atoms with Crippen molar-refractivity contribution in [3.63, 3.8) is 0 Å². The van der Waals surface area contributed by atoms with Gasteiger partial charge in [0.15, 0.2) is 0 Å². The molecule has 2 aromatic carbocycles. The van der Waals surface area contributed by atoms with E-state index in [9.17, 15) is 9.18 Å². The minimum atomic E-state index is -0.259. The van der Waals surface area contributed by atoms with E-state index in [0.29, 0.717) is 12.2 Å². The number of benzene rings is 2. The van der Waals surface area contributed by atoms with Crippen LogP contribution in [0.1, 0.15) is 12.5 Å². The summed E-state index contributed by atoms with van der Waals surface area (Å²) in [6.45, 7) is 1.98. The Morgan fingerprint density at radius 2 is 1.83 bits per heavy atom. The highest BCUT2D eigenvalue weighted by Gasteiger charge is 2.13. The summed E-state index contributed by atoms with van der Waals surface area (Å²) >= 11 is 1.53. The van der Waals surface area contributed by atoms with Crippen LogP contribution in [0.15, 0.2) is 53.4 Å². The number of nitrogens with one attached hydrogen (secondary N) is 1. The zero-order valence-corrected chi connectivity index (χ0v) is 13.8. The molecule has 0 bridgehead atoms. The molecule has 1 unspecified atom stereocenters. The molecular formula is C18H20FNO2S. The Bertz CT molecular complexity index is 628. The van der Waals surface area contributed by atoms with E-state index in [1.807, 2.05) is 31.2 Å². The van der Waals surface area contributed by atoms with Gasteiger partial charge in [-0.05, 0) is 48.4 Å². The molecule has 0 aliphatic carbocycles. The Balaban J connectivity index is 1.83. The number of aliphatic hydroxyl groups excluding tert-OH is 1. The maximum Gasteiger partial charge on any atom is 0.228 e. The van der Waals surface area contributed by atoms with Crippen molar-refractivity contribution in [2.75, 3.05) is 17.7 Å². The summed E-state index contributed by atoms with van der Waals surface area (Å²) in [4.78, 5) is 13.1. The van der Waals surface area contributed by atoms with Gasteiger partial charge in [-0.25, -0.2) is 4.39 Å². The average Bonchev–Trinajstić information content (AvgIpc) is 2.56. The van der Waals surface area contributed by atoms with Crippen LogP contribution in [0.2, 0.25) is 0 Å². The van der Waals surface area contributed by atoms with Gasteiger partial charge in [-0.1, -0.05) is 19.1 Å². The highest BCUT2D eigenvalue weighted by Crippen LogP contribution is 2.21. The highest BCUT2D eigenvalue weighted by atomic mass is 32.2. The number of rotatable bonds is 7. The fourth-order valence-corrected chi connectivity index (χ4v) is 2.90. The Morgan fingerprint density at radius 3 is 2.43 bits per heavy atom. The van der Waals surface area contributed by atoms with Crippen molar-refractivity contribution in [1.29, 1.82) is 0 Å². The average molecular weight is 333 g/mol. The highest BCUT2D eigenvalue weighted by molar-refractivity contribution is 7.99. The summed E-state index contributed by atoms with van der Waals surface area (Å²) in [5, 5.41) is 11.8. The standard InChI is InChI=1S/C18H20FNO2S/c1-13(12-23-17-8-4-15(19)5-9-17)18(22)20-16-6-2-14(3-7-16)10-11-21/h2-9,13,21H,10-12H2,1H3,(H,20,22). The van der Waals surface area contributed by atoms with Crippen molar-refractivity contribution < 1.29 is 14.3 Å². The first-order valence-electron chi connectivity index (χ1n) is 7.47. The number of hydrogen-bond acceptors (Lipinski definition) is 3. The van der Waals surface area contributed by atoms with E-state index >= 15 is 0 Å². The lowest BCUT2D eigenvalue weighted by Crippen LogP contribution is -2.22. The second kappa shape index (κ2) is 8.70. The van der Waals surface area contributed by atoms with Gasteiger partial charge in [0.1, 0.15) is 5.82 Å². The first-order chi connectivity index (χ1) is 11.1. The van der Waals surface area contributed by atoms with Crippen LogP contribution >= 0.6 is 11.8 Å². The molecule has 0 aliphatic heterocycles. The molecule has 0 aromatic heterocycles. The fourth-order valence-electron chi connectivity index (χ4n) is 1.98. The molecule has 2 rings (SSSR count). The van der Waals surface area contributed by atoms with E-state index in [-0.39, 0.29) is 24.2 Å². The van der Waals surface area contributed by atoms with Crippen LogP contribution in [0.4, 0.5) is 10.1 Å². The summed E-state index contributed by atoms with van der Waals surface area (Å²) in [5.74, 6) is 0.154. The number of carbonyl (C=O) groups excluding carboxylic acids is 1. The van der Waals surface area contributed by atoms with Crippen LogP contribution in [0, 0.1) is 11.7 Å². The molecule has 23 heavy (non-hydrogen) atoms. The summed E-state index contributed by atoms with van der Waals surface area (Å²) < 4.78 is 12.8. The van der Waals surface area contributed by atoms with Gasteiger partial charge in [0, 0.05) is 28.9 Å². The molecule has 0 saturated carbocycles. The van der Waals surface area contributed by atoms with Gasteiger partial charge in [-0.3, -0.25) is 4.79 Å². The fraction of sp³-hybridized carbons (Fsp3) is 0.278. The van der Waals surface area contributed by atoms with E-state index in [1.54, 1.807) is 12.1 Å². The minimum Gasteiger partial charge on any atom is -0.396 e. The summed E-state index contributed by atoms with van der Waals surface area (Å²) in [7, 11) is 0. The van der Waals surface area contributed by atoms with Crippen molar-refractivity contribution in [2.45, 2.75) is 18.2 Å². The van der Waals surface area contributed by atoms with E-state index in [0.717, 1.165) is 16.1 Å². The van der Waals surface area contributed by atoms with Crippen LogP contribution in [-0.2, 0) is 11.2 Å². The molecule has 0 heterocycles. The van der Waals surface area contributed by atoms with Crippen molar-refractivity contribution in [2.24, 2.45) is 5.92 Å². The first-order valence-corrected chi connectivity index (χ1v) is 8.46. The van der Waals surface area contributed by atoms with Gasteiger partial charge >= 0.3 is 0 Å². The molecule has 0 radical (unpaired) electrons. The molecule has 0 spiro atoms. The van der Waals surface area contributed by atoms with Gasteiger partial charge in [0.05, 0.1) is 0 Å². The van der Waals surface area contributed by atoms with E-state index in [4.69, 9.17) is 5.11 Å². The summed E-state index contributed by atoms with van der Waals surface area (Å²) in [5.41, 5.74) is 1.78. The lowest BCUT2D eigenvalue weighted by molar-refractivity contribution is -0.118. The predicted octanol–water partition coefficient (Wildman–Crippen LogP) is 3.73. The van der Waals surface area contributed by atoms with Gasteiger partial charge in [-0.2, -0.15) is 0 Å². The molecule has 5 heteroatoms. The first kappa shape index (κ1) is 17.5. The molecular weight excluding hydrogens is 313 g/mol. The quantitative estimate of drug-likeness (QED) is 0.759. The molecule has 0 saturated heterocycles. The third-order valence-electron chi connectivity index (χ3n) is 3.38. The van der Waals surface area contributed by atoms with Gasteiger partial charge in [0.2, 0.25) is 5.91 Å². The molecule has 0 aliphatic rings. The molecule has 3 nitrogen and oxygen atoms in total. The normalized spacial score (nSPS) is 12.0. The Hall–Kier alpha value is -1.85. The van der Waals surface area contributed by atoms with Crippen LogP contribution in [0.25, 0.3) is 0 Å². The second-order valence-corrected chi connectivity index (χ2v) is 6.42. The number of amides is 1. The Morgan fingerprint density at radius 1 is 1.17 bits per heavy atom. The van der Waals surface area contributed by atoms with Gasteiger partial charge in [-0.15, -0.1) is 11.8 Å². The zero-order chi connectivity index (χ0) is 16.7. The van der Waals surface area contributed by atoms with Crippen molar-refractivity contribution in [3.8, 4) is 0 Å². The zero-order valence-electron chi connectivity index (χ0n) is 13.0. The maximum atomic E-state index is 12.8. The second-order valence-electron chi connectivity index (χ2n) is 5.33. The van der Waals surface area contributed by atoms with E-state index in [1.165, 1.54) is 23.9 Å². The molecule has 0 fully saturated rings. The third kappa shape index (κ3) is 5.69. The monoisotopic (exact) mass is 333 g/mol. The SMILES string of the molecule is CC(CSc1ccc(F)cc1)C(=O)Nc1ccc(CCO)cc1. The van der Waals surface area contributed by atoms with Crippen LogP contribution < -0.4 is 5.32 Å². The number of thioether (sulfide) groups is 1. The number of halogens is 1. The predicted molar refractivity (Wildman–Crippen MR) is 92.1 cm³/mol. The number of carbonyl (C=O) groups is 1. The maximum absolute atomic E-state index is 12.8. The molecule has 2 N–H and O–H groups in total. The summed E-state index contributed by atoms with van der Waals surface area (Å²) in [6.07, 6.45) is 0.610. The Kier molecular flexibility index (Phi) is 6.62. The molecule has 1 amide bonds. The molecule has 1 atom stereocenters. The smallest absolute Gasteiger partial charge is 0.228 e. The van der Waals surface area contributed by atoms with Gasteiger partial charge in [0.25, 0.3) is 0 Å². The van der Waals surface area contributed by atoms with Crippen molar-refractivity contribution in [3.05, 3.63) is 59.9 Å². The van der Waals surface area contributed by atoms with Gasteiger partial charge < -0.3 is 10.4 Å².